The second-order valence-electron chi connectivity index (χ2n) is 9.29. The average Bonchev–Trinajstić information content (AvgIpc) is 2.83. The molecule has 0 saturated heterocycles. The zero-order valence-electron chi connectivity index (χ0n) is 19.2. The Hall–Kier alpha value is -3.54. The molecule has 2 unspecified atom stereocenters. The minimum Gasteiger partial charge on any atom is -0.298 e. The number of hydrogen-bond donors (Lipinski definition) is 0. The van der Waals surface area contributed by atoms with Gasteiger partial charge in [0.05, 0.1) is 5.92 Å². The van der Waals surface area contributed by atoms with E-state index >= 15 is 0 Å². The minimum absolute atomic E-state index is 0.244. The number of aromatic nitrogens is 1. The van der Waals surface area contributed by atoms with Gasteiger partial charge in [0.2, 0.25) is 0 Å². The molecule has 0 N–H and O–H groups in total. The van der Waals surface area contributed by atoms with Gasteiger partial charge in [-0.25, -0.2) is 0 Å². The van der Waals surface area contributed by atoms with Gasteiger partial charge < -0.3 is 0 Å². The monoisotopic (exact) mass is 475 g/mol. The first-order valence-electron chi connectivity index (χ1n) is 11.7. The molecular formula is C29H24F3NO2. The lowest BCUT2D eigenvalue weighted by Gasteiger charge is -2.31. The number of carbonyl (C=O) groups excluding carboxylic acids is 2. The van der Waals surface area contributed by atoms with E-state index < -0.39 is 30.2 Å². The summed E-state index contributed by atoms with van der Waals surface area (Å²) in [6.45, 7) is 1.91. The van der Waals surface area contributed by atoms with Gasteiger partial charge in [0.25, 0.3) is 0 Å². The highest BCUT2D eigenvalue weighted by Crippen LogP contribution is 2.43. The van der Waals surface area contributed by atoms with Crippen molar-refractivity contribution < 1.29 is 22.8 Å². The molecule has 1 heterocycles. The van der Waals surface area contributed by atoms with Crippen molar-refractivity contribution in [2.75, 3.05) is 0 Å². The predicted octanol–water partition coefficient (Wildman–Crippen LogP) is 7.14. The molecule has 2 atom stereocenters. The van der Waals surface area contributed by atoms with Gasteiger partial charge in [-0.3, -0.25) is 14.6 Å². The topological polar surface area (TPSA) is 47.0 Å². The highest BCUT2D eigenvalue weighted by atomic mass is 19.4. The van der Waals surface area contributed by atoms with Gasteiger partial charge in [0.15, 0.2) is 11.6 Å². The molecular weight excluding hydrogens is 451 g/mol. The van der Waals surface area contributed by atoms with Crippen molar-refractivity contribution in [3.8, 4) is 0 Å². The van der Waals surface area contributed by atoms with Gasteiger partial charge in [0, 0.05) is 30.3 Å². The zero-order valence-corrected chi connectivity index (χ0v) is 19.2. The van der Waals surface area contributed by atoms with E-state index in [2.05, 4.69) is 4.98 Å². The quantitative estimate of drug-likeness (QED) is 0.228. The number of Topliss-reactive ketones (excluding diaryl/α,β-unsaturated/α-hetero) is 2. The Morgan fingerprint density at radius 2 is 1.71 bits per heavy atom. The Labute approximate surface area is 201 Å². The normalized spacial score (nSPS) is 18.3. The fraction of sp³-hybridized carbons (Fsp3) is 0.276. The molecule has 3 aromatic carbocycles. The summed E-state index contributed by atoms with van der Waals surface area (Å²) in [7, 11) is 0. The third-order valence-electron chi connectivity index (χ3n) is 7.04. The van der Waals surface area contributed by atoms with Crippen molar-refractivity contribution in [3.05, 3.63) is 89.2 Å². The summed E-state index contributed by atoms with van der Waals surface area (Å²) in [4.78, 5) is 31.4. The molecule has 3 nitrogen and oxygen atoms in total. The van der Waals surface area contributed by atoms with E-state index in [1.54, 1.807) is 24.5 Å². The van der Waals surface area contributed by atoms with Gasteiger partial charge in [-0.05, 0) is 70.5 Å². The number of aryl methyl sites for hydroxylation is 2. The van der Waals surface area contributed by atoms with Gasteiger partial charge in [-0.2, -0.15) is 13.2 Å². The Morgan fingerprint density at radius 1 is 0.914 bits per heavy atom. The van der Waals surface area contributed by atoms with Gasteiger partial charge >= 0.3 is 6.18 Å². The number of halogens is 3. The minimum atomic E-state index is -4.38. The van der Waals surface area contributed by atoms with Crippen molar-refractivity contribution in [1.82, 2.24) is 4.98 Å². The smallest absolute Gasteiger partial charge is 0.298 e. The van der Waals surface area contributed by atoms with Crippen LogP contribution in [0, 0.1) is 12.8 Å². The van der Waals surface area contributed by atoms with E-state index in [-0.39, 0.29) is 18.6 Å². The van der Waals surface area contributed by atoms with Crippen molar-refractivity contribution in [2.45, 2.75) is 44.7 Å². The number of alkyl halides is 3. The van der Waals surface area contributed by atoms with Crippen molar-refractivity contribution >= 4 is 33.1 Å². The summed E-state index contributed by atoms with van der Waals surface area (Å²) in [6.07, 6.45) is -1.79. The molecule has 0 aliphatic heterocycles. The summed E-state index contributed by atoms with van der Waals surface area (Å²) >= 11 is 0. The Kier molecular flexibility index (Phi) is 5.91. The lowest BCUT2D eigenvalue weighted by atomic mass is 9.70. The largest absolute Gasteiger partial charge is 0.389 e. The maximum Gasteiger partial charge on any atom is 0.389 e. The average molecular weight is 476 g/mol. The van der Waals surface area contributed by atoms with Crippen LogP contribution >= 0.6 is 0 Å². The number of ketones is 2. The molecule has 35 heavy (non-hydrogen) atoms. The van der Waals surface area contributed by atoms with Crippen molar-refractivity contribution in [2.24, 2.45) is 5.92 Å². The molecule has 0 spiro atoms. The van der Waals surface area contributed by atoms with Gasteiger partial charge in [-0.15, -0.1) is 0 Å². The molecule has 0 saturated carbocycles. The molecule has 6 heteroatoms. The third kappa shape index (κ3) is 4.33. The van der Waals surface area contributed by atoms with Gasteiger partial charge in [-0.1, -0.05) is 48.5 Å². The first kappa shape index (κ1) is 23.2. The van der Waals surface area contributed by atoms with Crippen LogP contribution in [0.4, 0.5) is 13.2 Å². The summed E-state index contributed by atoms with van der Waals surface area (Å²) in [5.74, 6) is -2.63. The molecule has 0 radical (unpaired) electrons. The Morgan fingerprint density at radius 3 is 2.46 bits per heavy atom. The Balaban J connectivity index is 1.66. The lowest BCUT2D eigenvalue weighted by Crippen LogP contribution is -2.36. The van der Waals surface area contributed by atoms with Crippen LogP contribution in [0.3, 0.4) is 0 Å². The molecule has 4 aromatic rings. The van der Waals surface area contributed by atoms with E-state index in [1.807, 2.05) is 49.4 Å². The SMILES string of the molecule is Cc1cc2ccccc2c2ccc3c(c12)C(=O)C(CCc1cccnc1)C(=O)C3CCC(F)(F)F. The van der Waals surface area contributed by atoms with Crippen LogP contribution in [0.25, 0.3) is 21.5 Å². The van der Waals surface area contributed by atoms with Crippen LogP contribution in [0.15, 0.2) is 67.0 Å². The van der Waals surface area contributed by atoms with E-state index in [9.17, 15) is 22.8 Å². The standard InChI is InChI=1S/C29H24F3NO2/c1-17-15-19-6-2-3-7-20(19)21-10-11-22-23(12-13-29(30,31)32)27(34)24(28(35)26(22)25(17)21)9-8-18-5-4-14-33-16-18/h2-7,10-11,14-16,23-24H,8-9,12-13H2,1H3. The third-order valence-corrected chi connectivity index (χ3v) is 7.04. The maximum atomic E-state index is 13.8. The molecule has 0 amide bonds. The molecule has 0 bridgehead atoms. The zero-order chi connectivity index (χ0) is 24.7. The van der Waals surface area contributed by atoms with E-state index in [0.717, 1.165) is 32.7 Å². The summed E-state index contributed by atoms with van der Waals surface area (Å²) in [5, 5.41) is 3.61. The van der Waals surface area contributed by atoms with Crippen molar-refractivity contribution in [1.29, 1.82) is 0 Å². The van der Waals surface area contributed by atoms with Crippen LogP contribution < -0.4 is 0 Å². The first-order valence-corrected chi connectivity index (χ1v) is 11.7. The number of benzene rings is 3. The lowest BCUT2D eigenvalue weighted by molar-refractivity contribution is -0.139. The fourth-order valence-corrected chi connectivity index (χ4v) is 5.42. The number of rotatable bonds is 5. The molecule has 0 fully saturated rings. The highest BCUT2D eigenvalue weighted by molar-refractivity contribution is 6.25. The highest BCUT2D eigenvalue weighted by Gasteiger charge is 2.43. The van der Waals surface area contributed by atoms with Crippen LogP contribution in [-0.4, -0.2) is 22.7 Å². The number of pyridine rings is 1. The van der Waals surface area contributed by atoms with Crippen LogP contribution in [0.1, 0.15) is 52.2 Å². The second-order valence-corrected chi connectivity index (χ2v) is 9.29. The van der Waals surface area contributed by atoms with E-state index in [1.165, 1.54) is 0 Å². The first-order chi connectivity index (χ1) is 16.7. The van der Waals surface area contributed by atoms with E-state index in [4.69, 9.17) is 0 Å². The Bertz CT molecular complexity index is 1440. The fourth-order valence-electron chi connectivity index (χ4n) is 5.42. The number of carbonyl (C=O) groups is 2. The van der Waals surface area contributed by atoms with Crippen LogP contribution in [-0.2, 0) is 11.2 Å². The van der Waals surface area contributed by atoms with Crippen molar-refractivity contribution in [3.63, 3.8) is 0 Å². The summed E-state index contributed by atoms with van der Waals surface area (Å²) in [6, 6.07) is 17.0. The number of fused-ring (bicyclic) bond motifs is 5. The van der Waals surface area contributed by atoms with Gasteiger partial charge in [0.1, 0.15) is 0 Å². The molecule has 1 aliphatic carbocycles. The molecule has 178 valence electrons. The molecule has 5 rings (SSSR count). The van der Waals surface area contributed by atoms with Crippen LogP contribution in [0.2, 0.25) is 0 Å². The van der Waals surface area contributed by atoms with E-state index in [0.29, 0.717) is 17.5 Å². The number of hydrogen-bond acceptors (Lipinski definition) is 3. The predicted molar refractivity (Wildman–Crippen MR) is 130 cm³/mol. The molecule has 1 aliphatic rings. The second kappa shape index (κ2) is 8.91. The molecule has 1 aromatic heterocycles. The summed E-state index contributed by atoms with van der Waals surface area (Å²) < 4.78 is 39.5. The maximum absolute atomic E-state index is 13.8. The number of nitrogens with zero attached hydrogens (tertiary/aromatic N) is 1. The van der Waals surface area contributed by atoms with Crippen LogP contribution in [0.5, 0.6) is 0 Å². The summed E-state index contributed by atoms with van der Waals surface area (Å²) in [5.41, 5.74) is 2.59.